The van der Waals surface area contributed by atoms with Crippen LogP contribution in [-0.4, -0.2) is 47.5 Å². The molecule has 0 spiro atoms. The Labute approximate surface area is 192 Å². The Morgan fingerprint density at radius 1 is 1.26 bits per heavy atom. The van der Waals surface area contributed by atoms with E-state index in [9.17, 15) is 9.59 Å². The average molecular weight is 459 g/mol. The molecule has 1 aromatic heterocycles. The van der Waals surface area contributed by atoms with Gasteiger partial charge in [-0.25, -0.2) is 4.98 Å². The molecule has 0 saturated carbocycles. The van der Waals surface area contributed by atoms with Crippen LogP contribution in [0, 0.1) is 18.8 Å². The second-order valence-electron chi connectivity index (χ2n) is 8.45. The van der Waals surface area contributed by atoms with Crippen LogP contribution in [0.5, 0.6) is 0 Å². The molecule has 0 aliphatic carbocycles. The van der Waals surface area contributed by atoms with Crippen LogP contribution in [-0.2, 0) is 16.0 Å². The molecule has 1 aromatic rings. The predicted octanol–water partition coefficient (Wildman–Crippen LogP) is 4.08. The Morgan fingerprint density at radius 2 is 2.10 bits per heavy atom. The Hall–Kier alpha value is -1.93. The van der Waals surface area contributed by atoms with Crippen molar-refractivity contribution in [1.29, 1.82) is 0 Å². The minimum Gasteiger partial charge on any atom is -0.352 e. The lowest BCUT2D eigenvalue weighted by Crippen LogP contribution is -2.39. The molecule has 6 nitrogen and oxygen atoms in total. The quantitative estimate of drug-likeness (QED) is 0.596. The molecule has 166 valence electrons. The highest BCUT2D eigenvalue weighted by atomic mass is 32.2. The normalized spacial score (nSPS) is 20.9. The van der Waals surface area contributed by atoms with Gasteiger partial charge < -0.3 is 10.2 Å². The standard InChI is InChI=1S/C23H30N4O2S2/c1-16-26-19(15-30-16)13-22(28)27-10-6-17(7-11-27)4-2-3-8-25-23(29)20-12-18-5-9-24-14-21(18)31-20/h9,12,14-15,17-18H,2-8,10-11,13H2,1H3,(H,25,29). The number of aliphatic imine (C=N–C) groups is 1. The van der Waals surface area contributed by atoms with E-state index in [4.69, 9.17) is 0 Å². The molecule has 1 N–H and O–H groups in total. The van der Waals surface area contributed by atoms with Crippen molar-refractivity contribution in [2.75, 3.05) is 19.6 Å². The van der Waals surface area contributed by atoms with Gasteiger partial charge in [0.15, 0.2) is 0 Å². The molecule has 0 aromatic carbocycles. The molecular formula is C23H30N4O2S2. The van der Waals surface area contributed by atoms with E-state index < -0.39 is 0 Å². The fourth-order valence-electron chi connectivity index (χ4n) is 4.30. The number of carbonyl (C=O) groups excluding carboxylic acids is 2. The summed E-state index contributed by atoms with van der Waals surface area (Å²) in [6, 6.07) is 0. The fraction of sp³-hybridized carbons (Fsp3) is 0.565. The van der Waals surface area contributed by atoms with Crippen molar-refractivity contribution in [1.82, 2.24) is 15.2 Å². The Morgan fingerprint density at radius 3 is 2.84 bits per heavy atom. The first-order valence-electron chi connectivity index (χ1n) is 11.2. The molecule has 1 fully saturated rings. The van der Waals surface area contributed by atoms with Gasteiger partial charge in [0.2, 0.25) is 5.91 Å². The molecule has 1 unspecified atom stereocenters. The van der Waals surface area contributed by atoms with Gasteiger partial charge in [0.1, 0.15) is 0 Å². The van der Waals surface area contributed by atoms with Gasteiger partial charge in [-0.2, -0.15) is 0 Å². The van der Waals surface area contributed by atoms with E-state index >= 15 is 0 Å². The summed E-state index contributed by atoms with van der Waals surface area (Å²) in [5.41, 5.74) is 0.896. The lowest BCUT2D eigenvalue weighted by Gasteiger charge is -2.32. The minimum absolute atomic E-state index is 0.0439. The fourth-order valence-corrected chi connectivity index (χ4v) is 6.00. The number of nitrogens with zero attached hydrogens (tertiary/aromatic N) is 3. The highest BCUT2D eigenvalue weighted by molar-refractivity contribution is 8.07. The zero-order chi connectivity index (χ0) is 21.6. The summed E-state index contributed by atoms with van der Waals surface area (Å²) < 4.78 is 0. The second-order valence-corrected chi connectivity index (χ2v) is 10.6. The number of carbonyl (C=O) groups is 2. The highest BCUT2D eigenvalue weighted by Crippen LogP contribution is 2.42. The van der Waals surface area contributed by atoms with E-state index in [-0.39, 0.29) is 11.8 Å². The number of likely N-dealkylation sites (tertiary alicyclic amines) is 1. The van der Waals surface area contributed by atoms with Gasteiger partial charge >= 0.3 is 0 Å². The molecule has 4 rings (SSSR count). The summed E-state index contributed by atoms with van der Waals surface area (Å²) in [5, 5.41) is 6.07. The van der Waals surface area contributed by atoms with Crippen LogP contribution in [0.15, 0.2) is 32.5 Å². The number of rotatable bonds is 8. The molecule has 8 heteroatoms. The van der Waals surface area contributed by atoms with Crippen molar-refractivity contribution < 1.29 is 9.59 Å². The van der Waals surface area contributed by atoms with Crippen molar-refractivity contribution in [2.45, 2.75) is 51.9 Å². The molecule has 4 heterocycles. The molecule has 2 amide bonds. The first kappa shape index (κ1) is 22.3. The van der Waals surface area contributed by atoms with E-state index in [0.717, 1.165) is 67.3 Å². The zero-order valence-electron chi connectivity index (χ0n) is 18.0. The molecule has 3 aliphatic rings. The van der Waals surface area contributed by atoms with Crippen LogP contribution < -0.4 is 5.32 Å². The zero-order valence-corrected chi connectivity index (χ0v) is 19.6. The van der Waals surface area contributed by atoms with Gasteiger partial charge in [-0.05, 0) is 38.5 Å². The molecule has 0 bridgehead atoms. The van der Waals surface area contributed by atoms with E-state index in [1.165, 1.54) is 11.3 Å². The van der Waals surface area contributed by atoms with Crippen molar-refractivity contribution in [2.24, 2.45) is 16.8 Å². The monoisotopic (exact) mass is 458 g/mol. The van der Waals surface area contributed by atoms with Crippen LogP contribution in [0.1, 0.15) is 49.2 Å². The largest absolute Gasteiger partial charge is 0.352 e. The van der Waals surface area contributed by atoms with Gasteiger partial charge in [0, 0.05) is 48.3 Å². The van der Waals surface area contributed by atoms with Crippen LogP contribution in [0.25, 0.3) is 0 Å². The number of hydrogen-bond donors (Lipinski definition) is 1. The van der Waals surface area contributed by atoms with E-state index in [1.54, 1.807) is 23.1 Å². The number of nitrogens with one attached hydrogen (secondary N) is 1. The lowest BCUT2D eigenvalue weighted by atomic mass is 9.91. The maximum atomic E-state index is 12.5. The van der Waals surface area contributed by atoms with Gasteiger partial charge in [0.25, 0.3) is 5.91 Å². The first-order chi connectivity index (χ1) is 15.1. The van der Waals surface area contributed by atoms with Crippen LogP contribution in [0.3, 0.4) is 0 Å². The van der Waals surface area contributed by atoms with E-state index in [1.807, 2.05) is 29.6 Å². The third-order valence-corrected chi connectivity index (χ3v) is 8.13. The first-order valence-corrected chi connectivity index (χ1v) is 12.9. The molecule has 3 aliphatic heterocycles. The lowest BCUT2D eigenvalue weighted by molar-refractivity contribution is -0.131. The topological polar surface area (TPSA) is 74.7 Å². The minimum atomic E-state index is 0.0439. The van der Waals surface area contributed by atoms with Gasteiger partial charge in [-0.15, -0.1) is 11.3 Å². The number of aryl methyl sites for hydroxylation is 1. The van der Waals surface area contributed by atoms with Gasteiger partial charge in [-0.3, -0.25) is 14.6 Å². The number of amides is 2. The molecule has 1 saturated heterocycles. The van der Waals surface area contributed by atoms with Crippen LogP contribution in [0.4, 0.5) is 0 Å². The SMILES string of the molecule is Cc1nc(CC(=O)N2CCC(CCCCNC(=O)C3=CC4CC=NC=C4S3)CC2)cs1. The predicted molar refractivity (Wildman–Crippen MR) is 127 cm³/mol. The Bertz CT molecular complexity index is 897. The third-order valence-electron chi connectivity index (χ3n) is 6.13. The summed E-state index contributed by atoms with van der Waals surface area (Å²) in [6.07, 6.45) is 12.6. The smallest absolute Gasteiger partial charge is 0.257 e. The maximum Gasteiger partial charge on any atom is 0.257 e. The number of thiazole rings is 1. The number of allylic oxidation sites excluding steroid dienone is 2. The van der Waals surface area contributed by atoms with Gasteiger partial charge in [0.05, 0.1) is 22.0 Å². The second kappa shape index (κ2) is 10.6. The summed E-state index contributed by atoms with van der Waals surface area (Å²) in [6.45, 7) is 4.41. The molecule has 1 atom stereocenters. The van der Waals surface area contributed by atoms with Crippen molar-refractivity contribution in [3.05, 3.63) is 38.2 Å². The number of aromatic nitrogens is 1. The number of thioether (sulfide) groups is 1. The summed E-state index contributed by atoms with van der Waals surface area (Å²) in [4.78, 5) is 37.4. The van der Waals surface area contributed by atoms with E-state index in [2.05, 4.69) is 21.4 Å². The average Bonchev–Trinajstić information content (AvgIpc) is 3.39. The van der Waals surface area contributed by atoms with Crippen LogP contribution >= 0.6 is 23.1 Å². The highest BCUT2D eigenvalue weighted by Gasteiger charge is 2.27. The van der Waals surface area contributed by atoms with Crippen molar-refractivity contribution in [3.63, 3.8) is 0 Å². The Kier molecular flexibility index (Phi) is 7.61. The van der Waals surface area contributed by atoms with Crippen molar-refractivity contribution >= 4 is 41.1 Å². The molecule has 0 radical (unpaired) electrons. The summed E-state index contributed by atoms with van der Waals surface area (Å²) in [5.74, 6) is 1.27. The van der Waals surface area contributed by atoms with Gasteiger partial charge in [-0.1, -0.05) is 30.7 Å². The maximum absolute atomic E-state index is 12.5. The van der Waals surface area contributed by atoms with E-state index in [0.29, 0.717) is 18.3 Å². The van der Waals surface area contributed by atoms with Crippen LogP contribution in [0.2, 0.25) is 0 Å². The van der Waals surface area contributed by atoms with Crippen molar-refractivity contribution in [3.8, 4) is 0 Å². The number of piperidine rings is 1. The third kappa shape index (κ3) is 6.07. The summed E-state index contributed by atoms with van der Waals surface area (Å²) >= 11 is 3.15. The number of fused-ring (bicyclic) bond motifs is 1. The molecular weight excluding hydrogens is 428 g/mol. The number of hydrogen-bond acceptors (Lipinski definition) is 6. The number of unbranched alkanes of at least 4 members (excludes halogenated alkanes) is 1. The Balaban J connectivity index is 1.08. The summed E-state index contributed by atoms with van der Waals surface area (Å²) in [7, 11) is 0. The molecule has 31 heavy (non-hydrogen) atoms.